The molecule has 3 N–H and O–H groups in total. The summed E-state index contributed by atoms with van der Waals surface area (Å²) in [4.78, 5) is 12.3. The van der Waals surface area contributed by atoms with E-state index in [9.17, 15) is 4.79 Å². The molecule has 0 saturated carbocycles. The molecule has 1 unspecified atom stereocenters. The largest absolute Gasteiger partial charge is 0.493 e. The third-order valence-corrected chi connectivity index (χ3v) is 3.43. The van der Waals surface area contributed by atoms with Crippen molar-refractivity contribution in [3.05, 3.63) is 12.1 Å². The average molecular weight is 296 g/mol. The number of anilines is 1. The Bertz CT molecular complexity index is 501. The fourth-order valence-electron chi connectivity index (χ4n) is 2.17. The molecule has 2 rings (SSSR count). The highest BCUT2D eigenvalue weighted by Crippen LogP contribution is 2.40. The van der Waals surface area contributed by atoms with E-state index in [4.69, 9.17) is 24.7 Å². The summed E-state index contributed by atoms with van der Waals surface area (Å²) in [6.07, 6.45) is 0.489. The van der Waals surface area contributed by atoms with Crippen molar-refractivity contribution < 1.29 is 23.7 Å². The van der Waals surface area contributed by atoms with Crippen molar-refractivity contribution in [1.29, 1.82) is 0 Å². The van der Waals surface area contributed by atoms with Gasteiger partial charge in [-0.1, -0.05) is 0 Å². The maximum absolute atomic E-state index is 12.3. The minimum atomic E-state index is -1.000. The molecule has 21 heavy (non-hydrogen) atoms. The van der Waals surface area contributed by atoms with E-state index in [1.807, 2.05) is 0 Å². The molecule has 1 heterocycles. The zero-order valence-corrected chi connectivity index (χ0v) is 12.4. The van der Waals surface area contributed by atoms with E-state index in [-0.39, 0.29) is 12.5 Å². The van der Waals surface area contributed by atoms with Crippen LogP contribution in [-0.4, -0.2) is 46.0 Å². The number of methoxy groups -OCH3 is 3. The van der Waals surface area contributed by atoms with Gasteiger partial charge in [-0.3, -0.25) is 4.79 Å². The summed E-state index contributed by atoms with van der Waals surface area (Å²) in [5, 5.41) is 2.77. The van der Waals surface area contributed by atoms with Gasteiger partial charge in [0.2, 0.25) is 11.7 Å². The Labute approximate surface area is 123 Å². The van der Waals surface area contributed by atoms with Gasteiger partial charge < -0.3 is 30.0 Å². The fourth-order valence-corrected chi connectivity index (χ4v) is 2.17. The summed E-state index contributed by atoms with van der Waals surface area (Å²) in [5.41, 5.74) is 5.54. The Hall–Kier alpha value is -1.99. The molecule has 116 valence electrons. The van der Waals surface area contributed by atoms with E-state index in [1.54, 1.807) is 12.1 Å². The van der Waals surface area contributed by atoms with Gasteiger partial charge in [-0.05, 0) is 6.42 Å². The summed E-state index contributed by atoms with van der Waals surface area (Å²) in [7, 11) is 4.54. The molecule has 0 aromatic heterocycles. The lowest BCUT2D eigenvalue weighted by Gasteiger charge is -2.21. The lowest BCUT2D eigenvalue weighted by Crippen LogP contribution is -2.51. The van der Waals surface area contributed by atoms with Crippen LogP contribution in [0.5, 0.6) is 17.2 Å². The SMILES string of the molecule is COc1cc(NC(=O)C2(N)CCOC2)cc(OC)c1OC. The molecule has 1 aromatic rings. The Morgan fingerprint density at radius 2 is 1.86 bits per heavy atom. The van der Waals surface area contributed by atoms with Crippen LogP contribution in [0.1, 0.15) is 6.42 Å². The van der Waals surface area contributed by atoms with E-state index in [0.29, 0.717) is 36.0 Å². The van der Waals surface area contributed by atoms with Crippen LogP contribution in [0.15, 0.2) is 12.1 Å². The van der Waals surface area contributed by atoms with Crippen molar-refractivity contribution in [1.82, 2.24) is 0 Å². The Kier molecular flexibility index (Phi) is 4.54. The number of carbonyl (C=O) groups excluding carboxylic acids is 1. The molecule has 0 radical (unpaired) electrons. The summed E-state index contributed by atoms with van der Waals surface area (Å²) in [5.74, 6) is 1.08. The van der Waals surface area contributed by atoms with E-state index >= 15 is 0 Å². The predicted molar refractivity (Wildman–Crippen MR) is 77.1 cm³/mol. The Morgan fingerprint density at radius 1 is 1.24 bits per heavy atom. The molecule has 1 aliphatic heterocycles. The molecule has 0 bridgehead atoms. The smallest absolute Gasteiger partial charge is 0.246 e. The number of benzene rings is 1. The molecule has 1 amide bonds. The van der Waals surface area contributed by atoms with Gasteiger partial charge in [0.05, 0.1) is 27.9 Å². The van der Waals surface area contributed by atoms with Crippen molar-refractivity contribution >= 4 is 11.6 Å². The van der Waals surface area contributed by atoms with Crippen LogP contribution in [0.25, 0.3) is 0 Å². The van der Waals surface area contributed by atoms with Gasteiger partial charge in [0.15, 0.2) is 11.5 Å². The predicted octanol–water partition coefficient (Wildman–Crippen LogP) is 0.769. The normalized spacial score (nSPS) is 21.0. The fraction of sp³-hybridized carbons (Fsp3) is 0.500. The Morgan fingerprint density at radius 3 is 2.29 bits per heavy atom. The first kappa shape index (κ1) is 15.4. The van der Waals surface area contributed by atoms with Crippen LogP contribution in [0.2, 0.25) is 0 Å². The highest BCUT2D eigenvalue weighted by atomic mass is 16.5. The van der Waals surface area contributed by atoms with E-state index in [2.05, 4.69) is 5.32 Å². The standard InChI is InChI=1S/C14H20N2O5/c1-18-10-6-9(7-11(19-2)12(10)20-3)16-13(17)14(15)4-5-21-8-14/h6-7H,4-5,8,15H2,1-3H3,(H,16,17). The average Bonchev–Trinajstić information content (AvgIpc) is 2.94. The third-order valence-electron chi connectivity index (χ3n) is 3.43. The maximum Gasteiger partial charge on any atom is 0.246 e. The van der Waals surface area contributed by atoms with Crippen LogP contribution in [0, 0.1) is 0 Å². The van der Waals surface area contributed by atoms with E-state index < -0.39 is 5.54 Å². The van der Waals surface area contributed by atoms with E-state index in [1.165, 1.54) is 21.3 Å². The first-order valence-electron chi connectivity index (χ1n) is 6.52. The zero-order valence-electron chi connectivity index (χ0n) is 12.4. The number of amides is 1. The molecule has 7 heteroatoms. The number of nitrogens with two attached hydrogens (primary N) is 1. The molecular formula is C14H20N2O5. The summed E-state index contributed by atoms with van der Waals surface area (Å²) in [6.45, 7) is 0.697. The van der Waals surface area contributed by atoms with Crippen LogP contribution in [0.4, 0.5) is 5.69 Å². The lowest BCUT2D eigenvalue weighted by atomic mass is 9.99. The monoisotopic (exact) mass is 296 g/mol. The number of rotatable bonds is 5. The molecule has 0 aliphatic carbocycles. The van der Waals surface area contributed by atoms with Gasteiger partial charge in [0.25, 0.3) is 0 Å². The van der Waals surface area contributed by atoms with Crippen molar-refractivity contribution in [2.75, 3.05) is 39.9 Å². The molecule has 1 atom stereocenters. The van der Waals surface area contributed by atoms with Crippen molar-refractivity contribution in [3.63, 3.8) is 0 Å². The first-order chi connectivity index (χ1) is 10.0. The van der Waals surface area contributed by atoms with Crippen LogP contribution in [0.3, 0.4) is 0 Å². The minimum absolute atomic E-state index is 0.212. The van der Waals surface area contributed by atoms with Crippen molar-refractivity contribution in [3.8, 4) is 17.2 Å². The number of hydrogen-bond acceptors (Lipinski definition) is 6. The van der Waals surface area contributed by atoms with E-state index in [0.717, 1.165) is 0 Å². The second kappa shape index (κ2) is 6.19. The maximum atomic E-state index is 12.3. The summed E-state index contributed by atoms with van der Waals surface area (Å²) in [6, 6.07) is 3.30. The summed E-state index contributed by atoms with van der Waals surface area (Å²) >= 11 is 0. The molecule has 7 nitrogen and oxygen atoms in total. The van der Waals surface area contributed by atoms with Crippen molar-refractivity contribution in [2.45, 2.75) is 12.0 Å². The minimum Gasteiger partial charge on any atom is -0.493 e. The van der Waals surface area contributed by atoms with Gasteiger partial charge in [-0.15, -0.1) is 0 Å². The highest BCUT2D eigenvalue weighted by molar-refractivity contribution is 5.98. The second-order valence-corrected chi connectivity index (χ2v) is 4.83. The highest BCUT2D eigenvalue weighted by Gasteiger charge is 2.38. The third kappa shape index (κ3) is 3.03. The molecule has 1 aromatic carbocycles. The molecule has 1 saturated heterocycles. The summed E-state index contributed by atoms with van der Waals surface area (Å²) < 4.78 is 20.9. The molecule has 0 spiro atoms. The van der Waals surface area contributed by atoms with Crippen LogP contribution >= 0.6 is 0 Å². The molecule has 1 fully saturated rings. The number of hydrogen-bond donors (Lipinski definition) is 2. The van der Waals surface area contributed by atoms with Gasteiger partial charge in [0.1, 0.15) is 5.54 Å². The topological polar surface area (TPSA) is 92.0 Å². The van der Waals surface area contributed by atoms with Gasteiger partial charge in [-0.25, -0.2) is 0 Å². The lowest BCUT2D eigenvalue weighted by molar-refractivity contribution is -0.121. The molecule has 1 aliphatic rings. The first-order valence-corrected chi connectivity index (χ1v) is 6.52. The van der Waals surface area contributed by atoms with Gasteiger partial charge in [-0.2, -0.15) is 0 Å². The number of carbonyl (C=O) groups is 1. The molecular weight excluding hydrogens is 276 g/mol. The number of nitrogens with one attached hydrogen (secondary N) is 1. The van der Waals surface area contributed by atoms with Crippen molar-refractivity contribution in [2.24, 2.45) is 5.73 Å². The Balaban J connectivity index is 2.26. The van der Waals surface area contributed by atoms with Gasteiger partial charge >= 0.3 is 0 Å². The van der Waals surface area contributed by atoms with Crippen LogP contribution in [-0.2, 0) is 9.53 Å². The zero-order chi connectivity index (χ0) is 15.5. The van der Waals surface area contributed by atoms with Gasteiger partial charge in [0, 0.05) is 24.4 Å². The quantitative estimate of drug-likeness (QED) is 0.834. The second-order valence-electron chi connectivity index (χ2n) is 4.83. The number of ether oxygens (including phenoxy) is 4. The van der Waals surface area contributed by atoms with Crippen LogP contribution < -0.4 is 25.3 Å².